The van der Waals surface area contributed by atoms with Crippen LogP contribution in [0.2, 0.25) is 0 Å². The van der Waals surface area contributed by atoms with E-state index in [1.54, 1.807) is 11.0 Å². The summed E-state index contributed by atoms with van der Waals surface area (Å²) in [6.07, 6.45) is 3.36. The lowest BCUT2D eigenvalue weighted by molar-refractivity contribution is -0.134. The predicted molar refractivity (Wildman–Crippen MR) is 112 cm³/mol. The number of hydrogen-bond donors (Lipinski definition) is 1. The van der Waals surface area contributed by atoms with Crippen LogP contribution >= 0.6 is 0 Å². The zero-order valence-electron chi connectivity index (χ0n) is 17.3. The SMILES string of the molecule is CC1(Oc2cc3c(cc2F)CN=C3c2cc(N3CCN(C(=O)CO)CC3)ncn2)CC1. The van der Waals surface area contributed by atoms with Crippen molar-refractivity contribution in [3.8, 4) is 5.75 Å². The molecule has 1 N–H and O–H groups in total. The third-order valence-corrected chi connectivity index (χ3v) is 6.12. The number of nitrogens with zero attached hydrogens (tertiary/aromatic N) is 5. The fraction of sp³-hybridized carbons (Fsp3) is 0.455. The molecule has 2 aromatic rings. The van der Waals surface area contributed by atoms with Gasteiger partial charge in [0.25, 0.3) is 0 Å². The number of benzene rings is 1. The lowest BCUT2D eigenvalue weighted by Gasteiger charge is -2.35. The van der Waals surface area contributed by atoms with Crippen molar-refractivity contribution >= 4 is 17.4 Å². The average Bonchev–Trinajstić information content (AvgIpc) is 3.38. The number of aromatic nitrogens is 2. The fourth-order valence-corrected chi connectivity index (χ4v) is 3.97. The highest BCUT2D eigenvalue weighted by molar-refractivity contribution is 6.14. The van der Waals surface area contributed by atoms with Crippen LogP contribution < -0.4 is 9.64 Å². The summed E-state index contributed by atoms with van der Waals surface area (Å²) in [7, 11) is 0. The van der Waals surface area contributed by atoms with Gasteiger partial charge < -0.3 is 19.6 Å². The molecule has 1 aromatic heterocycles. The summed E-state index contributed by atoms with van der Waals surface area (Å²) in [5, 5.41) is 9.04. The minimum Gasteiger partial charge on any atom is -0.484 e. The van der Waals surface area contributed by atoms with Crippen molar-refractivity contribution in [2.75, 3.05) is 37.7 Å². The first-order chi connectivity index (χ1) is 15.0. The molecule has 9 heteroatoms. The van der Waals surface area contributed by atoms with Gasteiger partial charge in [-0.1, -0.05) is 0 Å². The topological polar surface area (TPSA) is 91.2 Å². The Balaban J connectivity index is 1.37. The Morgan fingerprint density at radius 1 is 1.19 bits per heavy atom. The van der Waals surface area contributed by atoms with Crippen LogP contribution in [0.25, 0.3) is 0 Å². The molecule has 5 rings (SSSR count). The van der Waals surface area contributed by atoms with Crippen molar-refractivity contribution in [2.45, 2.75) is 31.9 Å². The van der Waals surface area contributed by atoms with Gasteiger partial charge in [-0.2, -0.15) is 0 Å². The van der Waals surface area contributed by atoms with Gasteiger partial charge in [-0.3, -0.25) is 9.79 Å². The first-order valence-corrected chi connectivity index (χ1v) is 10.5. The summed E-state index contributed by atoms with van der Waals surface area (Å²) in [5.74, 6) is 0.390. The zero-order valence-corrected chi connectivity index (χ0v) is 17.3. The molecule has 0 bridgehead atoms. The fourth-order valence-electron chi connectivity index (χ4n) is 3.97. The van der Waals surface area contributed by atoms with E-state index < -0.39 is 6.61 Å². The number of ether oxygens (including phenoxy) is 1. The molecule has 3 heterocycles. The molecule has 31 heavy (non-hydrogen) atoms. The Bertz CT molecular complexity index is 1060. The summed E-state index contributed by atoms with van der Waals surface area (Å²) in [5.41, 5.74) is 2.76. The third kappa shape index (κ3) is 3.85. The summed E-state index contributed by atoms with van der Waals surface area (Å²) in [6.45, 7) is 4.21. The van der Waals surface area contributed by atoms with Crippen LogP contribution in [0, 0.1) is 5.82 Å². The molecule has 1 saturated carbocycles. The molecule has 1 amide bonds. The van der Waals surface area contributed by atoms with E-state index >= 15 is 0 Å². The number of aliphatic hydroxyl groups excluding tert-OH is 1. The van der Waals surface area contributed by atoms with Crippen LogP contribution in [0.3, 0.4) is 0 Å². The molecular formula is C22H24FN5O3. The molecule has 162 valence electrons. The van der Waals surface area contributed by atoms with Gasteiger partial charge in [0.1, 0.15) is 24.4 Å². The average molecular weight is 425 g/mol. The number of fused-ring (bicyclic) bond motifs is 1. The molecule has 1 aromatic carbocycles. The monoisotopic (exact) mass is 425 g/mol. The van der Waals surface area contributed by atoms with Gasteiger partial charge >= 0.3 is 0 Å². The lowest BCUT2D eigenvalue weighted by Crippen LogP contribution is -2.49. The van der Waals surface area contributed by atoms with Crippen LogP contribution in [0.5, 0.6) is 5.75 Å². The van der Waals surface area contributed by atoms with Gasteiger partial charge in [0.15, 0.2) is 11.6 Å². The highest BCUT2D eigenvalue weighted by Gasteiger charge is 2.41. The number of aliphatic hydroxyl groups is 1. The first-order valence-electron chi connectivity index (χ1n) is 10.5. The minimum atomic E-state index is -0.470. The molecule has 0 unspecified atom stereocenters. The van der Waals surface area contributed by atoms with Crippen molar-refractivity contribution in [2.24, 2.45) is 4.99 Å². The second kappa shape index (κ2) is 7.56. The standard InChI is InChI=1S/C22H24FN5O3/c1-22(2-3-22)31-18-9-15-14(8-16(18)23)11-24-21(15)17-10-19(26-13-25-17)27-4-6-28(7-5-27)20(30)12-29/h8-10,13,29H,2-7,11-12H2,1H3. The summed E-state index contributed by atoms with van der Waals surface area (Å²) in [4.78, 5) is 28.8. The largest absolute Gasteiger partial charge is 0.484 e. The van der Waals surface area contributed by atoms with Crippen molar-refractivity contribution < 1.29 is 19.0 Å². The highest BCUT2D eigenvalue weighted by atomic mass is 19.1. The van der Waals surface area contributed by atoms with Gasteiger partial charge in [0.2, 0.25) is 5.91 Å². The molecule has 0 spiro atoms. The number of halogens is 1. The number of amides is 1. The maximum absolute atomic E-state index is 14.5. The van der Waals surface area contributed by atoms with Crippen molar-refractivity contribution in [3.63, 3.8) is 0 Å². The van der Waals surface area contributed by atoms with E-state index in [1.807, 2.05) is 13.0 Å². The van der Waals surface area contributed by atoms with Crippen LogP contribution in [0.1, 0.15) is 36.6 Å². The van der Waals surface area contributed by atoms with E-state index in [-0.39, 0.29) is 23.1 Å². The Kier molecular flexibility index (Phi) is 4.85. The molecular weight excluding hydrogens is 401 g/mol. The number of carbonyl (C=O) groups excluding carboxylic acids is 1. The molecule has 0 atom stereocenters. The van der Waals surface area contributed by atoms with E-state index in [1.165, 1.54) is 12.4 Å². The summed E-state index contributed by atoms with van der Waals surface area (Å²) in [6, 6.07) is 5.12. The Hall–Kier alpha value is -3.07. The summed E-state index contributed by atoms with van der Waals surface area (Å²) < 4.78 is 20.4. The first kappa shape index (κ1) is 19.9. The van der Waals surface area contributed by atoms with Crippen molar-refractivity contribution in [3.05, 3.63) is 47.2 Å². The van der Waals surface area contributed by atoms with Crippen LogP contribution in [-0.2, 0) is 11.3 Å². The highest BCUT2D eigenvalue weighted by Crippen LogP contribution is 2.41. The van der Waals surface area contributed by atoms with Crippen LogP contribution in [-0.4, -0.2) is 70.0 Å². The number of carbonyl (C=O) groups is 1. The van der Waals surface area contributed by atoms with Crippen molar-refractivity contribution in [1.29, 1.82) is 0 Å². The van der Waals surface area contributed by atoms with Gasteiger partial charge in [-0.15, -0.1) is 0 Å². The van der Waals surface area contributed by atoms with E-state index in [0.717, 1.165) is 29.8 Å². The third-order valence-electron chi connectivity index (χ3n) is 6.12. The Labute approximate surface area is 179 Å². The molecule has 1 aliphatic carbocycles. The maximum Gasteiger partial charge on any atom is 0.248 e. The number of hydrogen-bond acceptors (Lipinski definition) is 7. The molecule has 2 fully saturated rings. The Morgan fingerprint density at radius 2 is 1.97 bits per heavy atom. The molecule has 2 aliphatic heterocycles. The minimum absolute atomic E-state index is 0.257. The molecule has 8 nitrogen and oxygen atoms in total. The smallest absolute Gasteiger partial charge is 0.248 e. The lowest BCUT2D eigenvalue weighted by atomic mass is 10.0. The second-order valence-corrected chi connectivity index (χ2v) is 8.44. The quantitative estimate of drug-likeness (QED) is 0.782. The number of aliphatic imine (C=N–C) groups is 1. The van der Waals surface area contributed by atoms with E-state index in [4.69, 9.17) is 9.84 Å². The number of rotatable bonds is 5. The van der Waals surface area contributed by atoms with E-state index in [9.17, 15) is 9.18 Å². The molecule has 1 saturated heterocycles. The molecule has 0 radical (unpaired) electrons. The van der Waals surface area contributed by atoms with Crippen LogP contribution in [0.4, 0.5) is 10.2 Å². The summed E-state index contributed by atoms with van der Waals surface area (Å²) >= 11 is 0. The zero-order chi connectivity index (χ0) is 21.6. The Morgan fingerprint density at radius 3 is 2.68 bits per heavy atom. The van der Waals surface area contributed by atoms with Crippen LogP contribution in [0.15, 0.2) is 29.5 Å². The number of anilines is 1. The number of piperazine rings is 1. The van der Waals surface area contributed by atoms with Gasteiger partial charge in [-0.25, -0.2) is 14.4 Å². The predicted octanol–water partition coefficient (Wildman–Crippen LogP) is 1.54. The normalized spacial score (nSPS) is 19.1. The van der Waals surface area contributed by atoms with Crippen molar-refractivity contribution in [1.82, 2.24) is 14.9 Å². The van der Waals surface area contributed by atoms with E-state index in [0.29, 0.717) is 44.1 Å². The molecule has 3 aliphatic rings. The van der Waals surface area contributed by atoms with Gasteiger partial charge in [0, 0.05) is 37.8 Å². The van der Waals surface area contributed by atoms with Gasteiger partial charge in [0.05, 0.1) is 18.0 Å². The van der Waals surface area contributed by atoms with Gasteiger partial charge in [-0.05, 0) is 37.5 Å². The van der Waals surface area contributed by atoms with E-state index in [2.05, 4.69) is 19.9 Å². The second-order valence-electron chi connectivity index (χ2n) is 8.44. The maximum atomic E-state index is 14.5.